The number of rotatable bonds is 6. The van der Waals surface area contributed by atoms with Gasteiger partial charge in [0.05, 0.1) is 12.8 Å². The number of methoxy groups -OCH3 is 1. The van der Waals surface area contributed by atoms with Crippen LogP contribution in [0.3, 0.4) is 0 Å². The summed E-state index contributed by atoms with van der Waals surface area (Å²) in [4.78, 5) is 23.5. The molecule has 25 heavy (non-hydrogen) atoms. The second kappa shape index (κ2) is 9.11. The summed E-state index contributed by atoms with van der Waals surface area (Å²) in [6.07, 6.45) is 2.67. The number of ether oxygens (including phenoxy) is 2. The number of halogens is 2. The molecule has 0 spiro atoms. The van der Waals surface area contributed by atoms with Crippen molar-refractivity contribution in [3.8, 4) is 5.75 Å². The molecule has 130 valence electrons. The highest BCUT2D eigenvalue weighted by atomic mass is 35.5. The Labute approximate surface area is 155 Å². The van der Waals surface area contributed by atoms with E-state index in [1.807, 2.05) is 0 Å². The van der Waals surface area contributed by atoms with E-state index in [1.54, 1.807) is 42.5 Å². The highest BCUT2D eigenvalue weighted by molar-refractivity contribution is 6.35. The van der Waals surface area contributed by atoms with Gasteiger partial charge in [0.25, 0.3) is 5.91 Å². The van der Waals surface area contributed by atoms with Crippen molar-refractivity contribution in [3.63, 3.8) is 0 Å². The molecular weight excluding hydrogens is 365 g/mol. The summed E-state index contributed by atoms with van der Waals surface area (Å²) in [5.74, 6) is -0.628. The van der Waals surface area contributed by atoms with Crippen molar-refractivity contribution < 1.29 is 19.1 Å². The molecule has 7 heteroatoms. The standard InChI is InChI=1S/C18H15Cl2NO4/c1-24-16-5-3-2-4-15(16)21-17(22)11-25-18(23)9-7-12-6-8-13(19)10-14(12)20/h2-10H,11H2,1H3,(H,21,22)/b9-7+. The van der Waals surface area contributed by atoms with Crippen LogP contribution in [-0.4, -0.2) is 25.6 Å². The van der Waals surface area contributed by atoms with Gasteiger partial charge in [-0.15, -0.1) is 0 Å². The van der Waals surface area contributed by atoms with Gasteiger partial charge >= 0.3 is 5.97 Å². The molecule has 0 radical (unpaired) electrons. The maximum atomic E-state index is 11.8. The van der Waals surface area contributed by atoms with Crippen LogP contribution in [0.25, 0.3) is 6.08 Å². The average Bonchev–Trinajstić information content (AvgIpc) is 2.59. The highest BCUT2D eigenvalue weighted by Gasteiger charge is 2.09. The van der Waals surface area contributed by atoms with Crippen molar-refractivity contribution in [2.45, 2.75) is 0 Å². The minimum absolute atomic E-state index is 0.408. The topological polar surface area (TPSA) is 64.6 Å². The number of amides is 1. The maximum Gasteiger partial charge on any atom is 0.331 e. The lowest BCUT2D eigenvalue weighted by molar-refractivity contribution is -0.142. The first-order valence-electron chi connectivity index (χ1n) is 7.22. The Morgan fingerprint density at radius 2 is 1.92 bits per heavy atom. The minimum atomic E-state index is -0.666. The van der Waals surface area contributed by atoms with E-state index in [-0.39, 0.29) is 0 Å². The van der Waals surface area contributed by atoms with Crippen LogP contribution in [0.15, 0.2) is 48.5 Å². The first-order valence-corrected chi connectivity index (χ1v) is 7.98. The molecule has 2 rings (SSSR count). The SMILES string of the molecule is COc1ccccc1NC(=O)COC(=O)/C=C/c1ccc(Cl)cc1Cl. The average molecular weight is 380 g/mol. The number of carbonyl (C=O) groups is 2. The Balaban J connectivity index is 1.87. The van der Waals surface area contributed by atoms with Crippen molar-refractivity contribution in [3.05, 3.63) is 64.1 Å². The fourth-order valence-corrected chi connectivity index (χ4v) is 2.38. The molecule has 0 heterocycles. The van der Waals surface area contributed by atoms with E-state index < -0.39 is 18.5 Å². The number of para-hydroxylation sites is 2. The van der Waals surface area contributed by atoms with Gasteiger partial charge in [-0.3, -0.25) is 4.79 Å². The first-order chi connectivity index (χ1) is 12.0. The lowest BCUT2D eigenvalue weighted by Crippen LogP contribution is -2.20. The molecule has 0 aliphatic rings. The van der Waals surface area contributed by atoms with E-state index in [1.165, 1.54) is 19.3 Å². The highest BCUT2D eigenvalue weighted by Crippen LogP contribution is 2.23. The molecular formula is C18H15Cl2NO4. The predicted octanol–water partition coefficient (Wildman–Crippen LogP) is 4.20. The summed E-state index contributed by atoms with van der Waals surface area (Å²) in [7, 11) is 1.50. The number of benzene rings is 2. The van der Waals surface area contributed by atoms with Gasteiger partial charge in [0, 0.05) is 16.1 Å². The number of hydrogen-bond acceptors (Lipinski definition) is 4. The molecule has 0 saturated heterocycles. The van der Waals surface area contributed by atoms with E-state index in [9.17, 15) is 9.59 Å². The molecule has 0 aliphatic heterocycles. The van der Waals surface area contributed by atoms with Crippen LogP contribution >= 0.6 is 23.2 Å². The molecule has 0 atom stereocenters. The van der Waals surface area contributed by atoms with Crippen LogP contribution in [0.4, 0.5) is 5.69 Å². The first kappa shape index (κ1) is 18.8. The van der Waals surface area contributed by atoms with Crippen LogP contribution in [-0.2, 0) is 14.3 Å². The van der Waals surface area contributed by atoms with E-state index in [0.717, 1.165) is 0 Å². The van der Waals surface area contributed by atoms with Crippen LogP contribution in [0.2, 0.25) is 10.0 Å². The minimum Gasteiger partial charge on any atom is -0.495 e. The number of esters is 1. The third kappa shape index (κ3) is 5.81. The second-order valence-electron chi connectivity index (χ2n) is 4.86. The van der Waals surface area contributed by atoms with Crippen LogP contribution in [0.5, 0.6) is 5.75 Å². The molecule has 1 N–H and O–H groups in total. The Bertz CT molecular complexity index is 805. The van der Waals surface area contributed by atoms with Crippen LogP contribution in [0, 0.1) is 0 Å². The molecule has 0 aliphatic carbocycles. The fourth-order valence-electron chi connectivity index (χ4n) is 1.91. The summed E-state index contributed by atoms with van der Waals surface area (Å²) in [6.45, 7) is -0.421. The quantitative estimate of drug-likeness (QED) is 0.603. The summed E-state index contributed by atoms with van der Waals surface area (Å²) in [5.41, 5.74) is 1.11. The Morgan fingerprint density at radius 1 is 1.16 bits per heavy atom. The summed E-state index contributed by atoms with van der Waals surface area (Å²) in [6, 6.07) is 11.8. The van der Waals surface area contributed by atoms with Gasteiger partial charge in [-0.1, -0.05) is 41.4 Å². The van der Waals surface area contributed by atoms with Crippen molar-refractivity contribution in [2.24, 2.45) is 0 Å². The van der Waals surface area contributed by atoms with E-state index in [2.05, 4.69) is 5.32 Å². The normalized spacial score (nSPS) is 10.5. The molecule has 1 amide bonds. The lowest BCUT2D eigenvalue weighted by atomic mass is 10.2. The van der Waals surface area contributed by atoms with Crippen LogP contribution < -0.4 is 10.1 Å². The molecule has 5 nitrogen and oxygen atoms in total. The maximum absolute atomic E-state index is 11.8. The zero-order valence-electron chi connectivity index (χ0n) is 13.3. The summed E-state index contributed by atoms with van der Waals surface area (Å²) < 4.78 is 10.0. The molecule has 0 saturated carbocycles. The van der Waals surface area contributed by atoms with E-state index in [0.29, 0.717) is 27.0 Å². The predicted molar refractivity (Wildman–Crippen MR) is 98.1 cm³/mol. The Morgan fingerprint density at radius 3 is 2.64 bits per heavy atom. The molecule has 0 fully saturated rings. The van der Waals surface area contributed by atoms with Crippen molar-refractivity contribution in [2.75, 3.05) is 19.0 Å². The molecule has 0 bridgehead atoms. The number of hydrogen-bond donors (Lipinski definition) is 1. The smallest absolute Gasteiger partial charge is 0.331 e. The van der Waals surface area contributed by atoms with Crippen molar-refractivity contribution in [1.29, 1.82) is 0 Å². The molecule has 0 unspecified atom stereocenters. The van der Waals surface area contributed by atoms with E-state index >= 15 is 0 Å². The third-order valence-electron chi connectivity index (χ3n) is 3.09. The van der Waals surface area contributed by atoms with Gasteiger partial charge < -0.3 is 14.8 Å². The van der Waals surface area contributed by atoms with E-state index in [4.69, 9.17) is 32.7 Å². The zero-order chi connectivity index (χ0) is 18.2. The fraction of sp³-hybridized carbons (Fsp3) is 0.111. The van der Waals surface area contributed by atoms with Crippen LogP contribution in [0.1, 0.15) is 5.56 Å². The van der Waals surface area contributed by atoms with Gasteiger partial charge in [0.2, 0.25) is 0 Å². The van der Waals surface area contributed by atoms with Gasteiger partial charge in [0.1, 0.15) is 5.75 Å². The van der Waals surface area contributed by atoms with Crippen molar-refractivity contribution >= 4 is 46.8 Å². The number of anilines is 1. The van der Waals surface area contributed by atoms with Gasteiger partial charge in [-0.2, -0.15) is 0 Å². The second-order valence-corrected chi connectivity index (χ2v) is 5.70. The number of carbonyl (C=O) groups excluding carboxylic acids is 2. The Hall–Kier alpha value is -2.50. The lowest BCUT2D eigenvalue weighted by Gasteiger charge is -2.09. The zero-order valence-corrected chi connectivity index (χ0v) is 14.8. The largest absolute Gasteiger partial charge is 0.495 e. The summed E-state index contributed by atoms with van der Waals surface area (Å²) in [5, 5.41) is 3.51. The molecule has 0 aromatic heterocycles. The molecule has 2 aromatic rings. The molecule has 2 aromatic carbocycles. The van der Waals surface area contributed by atoms with Gasteiger partial charge in [-0.25, -0.2) is 4.79 Å². The van der Waals surface area contributed by atoms with Gasteiger partial charge in [0.15, 0.2) is 6.61 Å². The Kier molecular flexibility index (Phi) is 6.86. The van der Waals surface area contributed by atoms with Crippen molar-refractivity contribution in [1.82, 2.24) is 0 Å². The third-order valence-corrected chi connectivity index (χ3v) is 3.65. The monoisotopic (exact) mass is 379 g/mol. The summed E-state index contributed by atoms with van der Waals surface area (Å²) >= 11 is 11.8. The number of nitrogens with one attached hydrogen (secondary N) is 1. The van der Waals surface area contributed by atoms with Gasteiger partial charge in [-0.05, 0) is 35.9 Å².